The van der Waals surface area contributed by atoms with Gasteiger partial charge in [-0.1, -0.05) is 84.9 Å². The third-order valence-corrected chi connectivity index (χ3v) is 4.44. The van der Waals surface area contributed by atoms with Crippen LogP contribution in [0.4, 0.5) is 0 Å². The lowest BCUT2D eigenvalue weighted by molar-refractivity contribution is 0.100. The van der Waals surface area contributed by atoms with Crippen LogP contribution < -0.4 is 5.73 Å². The summed E-state index contributed by atoms with van der Waals surface area (Å²) in [5.41, 5.74) is 10.4. The average Bonchev–Trinajstić information content (AvgIpc) is 2.67. The molecule has 0 saturated carbocycles. The Hall–Kier alpha value is -3.39. The van der Waals surface area contributed by atoms with Crippen LogP contribution in [0.5, 0.6) is 0 Å². The van der Waals surface area contributed by atoms with Crippen molar-refractivity contribution in [1.82, 2.24) is 0 Å². The lowest BCUT2D eigenvalue weighted by Crippen LogP contribution is -2.14. The molecule has 2 N–H and O–H groups in total. The summed E-state index contributed by atoms with van der Waals surface area (Å²) < 4.78 is 0. The fourth-order valence-corrected chi connectivity index (χ4v) is 3.35. The van der Waals surface area contributed by atoms with Crippen molar-refractivity contribution in [1.29, 1.82) is 0 Å². The number of hydrogen-bond acceptors (Lipinski definition) is 1. The third kappa shape index (κ3) is 2.68. The predicted molar refractivity (Wildman–Crippen MR) is 103 cm³/mol. The van der Waals surface area contributed by atoms with E-state index in [1.165, 1.54) is 0 Å². The number of hydrogen-bond donors (Lipinski definition) is 1. The molecule has 0 fully saturated rings. The minimum Gasteiger partial charge on any atom is -0.366 e. The van der Waals surface area contributed by atoms with Gasteiger partial charge in [-0.25, -0.2) is 0 Å². The van der Waals surface area contributed by atoms with Crippen LogP contribution in [0, 0.1) is 0 Å². The Labute approximate surface area is 146 Å². The van der Waals surface area contributed by atoms with Crippen molar-refractivity contribution in [2.75, 3.05) is 0 Å². The van der Waals surface area contributed by atoms with E-state index in [1.807, 2.05) is 72.8 Å². The molecule has 0 aliphatic rings. The lowest BCUT2D eigenvalue weighted by atomic mass is 9.86. The molecule has 120 valence electrons. The second-order valence-corrected chi connectivity index (χ2v) is 5.99. The number of amides is 1. The average molecular weight is 323 g/mol. The largest absolute Gasteiger partial charge is 0.366 e. The second kappa shape index (κ2) is 6.25. The van der Waals surface area contributed by atoms with Gasteiger partial charge in [0, 0.05) is 5.56 Å². The van der Waals surface area contributed by atoms with E-state index < -0.39 is 5.91 Å². The predicted octanol–water partition coefficient (Wildman–Crippen LogP) is 5.27. The fourth-order valence-electron chi connectivity index (χ4n) is 3.35. The molecule has 2 nitrogen and oxygen atoms in total. The van der Waals surface area contributed by atoms with Crippen molar-refractivity contribution >= 4 is 16.7 Å². The van der Waals surface area contributed by atoms with Crippen molar-refractivity contribution in [3.05, 3.63) is 96.6 Å². The van der Waals surface area contributed by atoms with Crippen LogP contribution >= 0.6 is 0 Å². The molecule has 0 aliphatic carbocycles. The highest BCUT2D eigenvalue weighted by Crippen LogP contribution is 2.39. The number of benzene rings is 4. The molecule has 0 heterocycles. The molecule has 0 unspecified atom stereocenters. The van der Waals surface area contributed by atoms with Crippen molar-refractivity contribution in [3.8, 4) is 22.3 Å². The Kier molecular flexibility index (Phi) is 3.79. The number of rotatable bonds is 3. The Morgan fingerprint density at radius 3 is 1.88 bits per heavy atom. The van der Waals surface area contributed by atoms with Crippen molar-refractivity contribution < 1.29 is 4.79 Å². The molecular weight excluding hydrogens is 306 g/mol. The van der Waals surface area contributed by atoms with Crippen LogP contribution in [0.15, 0.2) is 91.0 Å². The van der Waals surface area contributed by atoms with Gasteiger partial charge < -0.3 is 5.73 Å². The smallest absolute Gasteiger partial charge is 0.249 e. The summed E-state index contributed by atoms with van der Waals surface area (Å²) in [6, 6.07) is 30.1. The van der Waals surface area contributed by atoms with E-state index in [4.69, 9.17) is 5.73 Å². The highest BCUT2D eigenvalue weighted by atomic mass is 16.1. The van der Waals surface area contributed by atoms with E-state index in [9.17, 15) is 4.79 Å². The number of carbonyl (C=O) groups excluding carboxylic acids is 1. The first kappa shape index (κ1) is 15.2. The van der Waals surface area contributed by atoms with Gasteiger partial charge in [0.05, 0.1) is 5.56 Å². The maximum Gasteiger partial charge on any atom is 0.249 e. The summed E-state index contributed by atoms with van der Waals surface area (Å²) in [4.78, 5) is 12.4. The maximum atomic E-state index is 12.4. The van der Waals surface area contributed by atoms with E-state index in [1.54, 1.807) is 0 Å². The van der Waals surface area contributed by atoms with E-state index in [-0.39, 0.29) is 0 Å². The Morgan fingerprint density at radius 1 is 0.680 bits per heavy atom. The molecule has 0 spiro atoms. The van der Waals surface area contributed by atoms with Gasteiger partial charge in [-0.3, -0.25) is 4.79 Å². The molecule has 0 radical (unpaired) electrons. The molecule has 2 heteroatoms. The quantitative estimate of drug-likeness (QED) is 0.548. The van der Waals surface area contributed by atoms with Gasteiger partial charge in [0.2, 0.25) is 5.91 Å². The highest BCUT2D eigenvalue weighted by molar-refractivity contribution is 6.15. The van der Waals surface area contributed by atoms with Crippen LogP contribution in [0.3, 0.4) is 0 Å². The zero-order valence-corrected chi connectivity index (χ0v) is 13.6. The number of nitrogens with two attached hydrogens (primary N) is 1. The van der Waals surface area contributed by atoms with Crippen LogP contribution in [0.1, 0.15) is 10.4 Å². The molecule has 4 rings (SSSR count). The van der Waals surface area contributed by atoms with Crippen LogP contribution in [-0.4, -0.2) is 5.91 Å². The van der Waals surface area contributed by atoms with Crippen LogP contribution in [0.2, 0.25) is 0 Å². The SMILES string of the molecule is NC(=O)c1c(-c2ccccc2)c(-c2ccccc2)cc2ccccc12. The van der Waals surface area contributed by atoms with E-state index in [2.05, 4.69) is 18.2 Å². The van der Waals surface area contributed by atoms with Crippen molar-refractivity contribution in [3.63, 3.8) is 0 Å². The maximum absolute atomic E-state index is 12.4. The molecule has 4 aromatic carbocycles. The van der Waals surface area contributed by atoms with Crippen molar-refractivity contribution in [2.45, 2.75) is 0 Å². The highest BCUT2D eigenvalue weighted by Gasteiger charge is 2.19. The monoisotopic (exact) mass is 323 g/mol. The van der Waals surface area contributed by atoms with Gasteiger partial charge in [-0.2, -0.15) is 0 Å². The summed E-state index contributed by atoms with van der Waals surface area (Å²) in [6.45, 7) is 0. The van der Waals surface area contributed by atoms with Crippen LogP contribution in [-0.2, 0) is 0 Å². The summed E-state index contributed by atoms with van der Waals surface area (Å²) in [6.07, 6.45) is 0. The van der Waals surface area contributed by atoms with E-state index in [0.717, 1.165) is 33.0 Å². The molecule has 0 bridgehead atoms. The first-order valence-corrected chi connectivity index (χ1v) is 8.22. The van der Waals surface area contributed by atoms with Gasteiger partial charge in [0.25, 0.3) is 0 Å². The summed E-state index contributed by atoms with van der Waals surface area (Å²) in [5.74, 6) is -0.409. The molecular formula is C23H17NO. The van der Waals surface area contributed by atoms with Crippen LogP contribution in [0.25, 0.3) is 33.0 Å². The molecule has 0 saturated heterocycles. The molecule has 0 aromatic heterocycles. The molecule has 0 atom stereocenters. The molecule has 25 heavy (non-hydrogen) atoms. The molecule has 4 aromatic rings. The van der Waals surface area contributed by atoms with Gasteiger partial charge in [-0.05, 0) is 33.5 Å². The van der Waals surface area contributed by atoms with Gasteiger partial charge in [-0.15, -0.1) is 0 Å². The van der Waals surface area contributed by atoms with Gasteiger partial charge in [0.1, 0.15) is 0 Å². The summed E-state index contributed by atoms with van der Waals surface area (Å²) in [5, 5.41) is 1.89. The first-order valence-electron chi connectivity index (χ1n) is 8.22. The lowest BCUT2D eigenvalue weighted by Gasteiger charge is -2.17. The number of carbonyl (C=O) groups is 1. The normalized spacial score (nSPS) is 10.7. The Bertz CT molecular complexity index is 1050. The fraction of sp³-hybridized carbons (Fsp3) is 0. The standard InChI is InChI=1S/C23H17NO/c24-23(25)22-19-14-8-7-13-18(19)15-20(16-9-3-1-4-10-16)21(22)17-11-5-2-6-12-17/h1-15H,(H2,24,25). The third-order valence-electron chi connectivity index (χ3n) is 4.44. The number of fused-ring (bicyclic) bond motifs is 1. The summed E-state index contributed by atoms with van der Waals surface area (Å²) in [7, 11) is 0. The second-order valence-electron chi connectivity index (χ2n) is 5.99. The molecule has 0 aliphatic heterocycles. The zero-order valence-electron chi connectivity index (χ0n) is 13.6. The van der Waals surface area contributed by atoms with E-state index in [0.29, 0.717) is 5.56 Å². The first-order chi connectivity index (χ1) is 12.3. The zero-order chi connectivity index (χ0) is 17.2. The van der Waals surface area contributed by atoms with E-state index >= 15 is 0 Å². The Balaban J connectivity index is 2.18. The number of primary amides is 1. The minimum absolute atomic E-state index is 0.409. The summed E-state index contributed by atoms with van der Waals surface area (Å²) >= 11 is 0. The Morgan fingerprint density at radius 2 is 1.24 bits per heavy atom. The van der Waals surface area contributed by atoms with Gasteiger partial charge >= 0.3 is 0 Å². The van der Waals surface area contributed by atoms with Crippen molar-refractivity contribution in [2.24, 2.45) is 5.73 Å². The molecule has 1 amide bonds. The van der Waals surface area contributed by atoms with Gasteiger partial charge in [0.15, 0.2) is 0 Å². The topological polar surface area (TPSA) is 43.1 Å². The minimum atomic E-state index is -0.409.